The molecule has 3 aromatic rings. The Morgan fingerprint density at radius 3 is 2.81 bits per heavy atom. The number of H-pyrrole nitrogens is 1. The third kappa shape index (κ3) is 3.91. The zero-order valence-corrected chi connectivity index (χ0v) is 19.0. The SMILES string of the molecule is CN1CC(CCN(S)C(=O)NC(=O)c2ccccc2)C[C@@H]2c3cccc4[nH]cc(c34)C[C@H]21. The molecule has 0 saturated carbocycles. The number of likely N-dealkylation sites (N-methyl/N-ethyl adjacent to an activating group) is 1. The lowest BCUT2D eigenvalue weighted by molar-refractivity contribution is 0.0955. The number of aromatic nitrogens is 1. The number of aromatic amines is 1. The van der Waals surface area contributed by atoms with Gasteiger partial charge in [0.2, 0.25) is 0 Å². The smallest absolute Gasteiger partial charge is 0.334 e. The molecular weight excluding hydrogens is 420 g/mol. The summed E-state index contributed by atoms with van der Waals surface area (Å²) in [6.45, 7) is 1.50. The predicted octanol–water partition coefficient (Wildman–Crippen LogP) is 4.21. The Bertz CT molecular complexity index is 1150. The Morgan fingerprint density at radius 2 is 2.00 bits per heavy atom. The maximum Gasteiger partial charge on any atom is 0.334 e. The monoisotopic (exact) mass is 448 g/mol. The van der Waals surface area contributed by atoms with Crippen LogP contribution in [0.2, 0.25) is 0 Å². The highest BCUT2D eigenvalue weighted by molar-refractivity contribution is 7.78. The van der Waals surface area contributed by atoms with E-state index in [2.05, 4.69) is 59.5 Å². The Labute approximate surface area is 193 Å². The molecule has 5 rings (SSSR count). The summed E-state index contributed by atoms with van der Waals surface area (Å²) in [4.78, 5) is 30.6. The van der Waals surface area contributed by atoms with Crippen molar-refractivity contribution < 1.29 is 9.59 Å². The fourth-order valence-electron chi connectivity index (χ4n) is 5.49. The van der Waals surface area contributed by atoms with Crippen LogP contribution in [0.3, 0.4) is 0 Å². The van der Waals surface area contributed by atoms with Gasteiger partial charge < -0.3 is 9.88 Å². The van der Waals surface area contributed by atoms with Gasteiger partial charge >= 0.3 is 6.03 Å². The lowest BCUT2D eigenvalue weighted by Crippen LogP contribution is -2.48. The molecule has 32 heavy (non-hydrogen) atoms. The number of benzene rings is 2. The number of hydrogen-bond donors (Lipinski definition) is 3. The first-order valence-corrected chi connectivity index (χ1v) is 11.6. The molecule has 3 atom stereocenters. The van der Waals surface area contributed by atoms with Crippen LogP contribution in [-0.4, -0.2) is 52.3 Å². The van der Waals surface area contributed by atoms with Crippen molar-refractivity contribution in [2.24, 2.45) is 5.92 Å². The second kappa shape index (κ2) is 8.64. The standard InChI is InChI=1S/C25H28N4O2S/c1-28-15-16(10-11-29(32)25(31)27-24(30)17-6-3-2-4-7-17)12-20-19-8-5-9-21-23(19)18(14-26-21)13-22(20)28/h2-9,14,16,20,22,26,32H,10-13,15H2,1H3,(H,27,30,31)/t16?,20-,22-/m1/s1. The highest BCUT2D eigenvalue weighted by Gasteiger charge is 2.39. The summed E-state index contributed by atoms with van der Waals surface area (Å²) in [5, 5.41) is 3.82. The van der Waals surface area contributed by atoms with Crippen molar-refractivity contribution in [3.05, 3.63) is 71.4 Å². The maximum absolute atomic E-state index is 12.4. The van der Waals surface area contributed by atoms with Crippen molar-refractivity contribution in [2.75, 3.05) is 20.1 Å². The van der Waals surface area contributed by atoms with Crippen molar-refractivity contribution in [3.8, 4) is 0 Å². The molecule has 2 aliphatic rings. The second-order valence-electron chi connectivity index (χ2n) is 9.04. The first-order chi connectivity index (χ1) is 15.5. The van der Waals surface area contributed by atoms with Crippen molar-refractivity contribution in [1.29, 1.82) is 0 Å². The van der Waals surface area contributed by atoms with Gasteiger partial charge in [0, 0.05) is 47.7 Å². The van der Waals surface area contributed by atoms with Gasteiger partial charge in [-0.1, -0.05) is 43.1 Å². The molecule has 7 heteroatoms. The number of urea groups is 1. The van der Waals surface area contributed by atoms with Crippen molar-refractivity contribution in [2.45, 2.75) is 31.2 Å². The highest BCUT2D eigenvalue weighted by atomic mass is 32.1. The van der Waals surface area contributed by atoms with E-state index in [1.807, 2.05) is 6.07 Å². The summed E-state index contributed by atoms with van der Waals surface area (Å²) in [5.41, 5.74) is 4.55. The van der Waals surface area contributed by atoms with Crippen molar-refractivity contribution in [1.82, 2.24) is 19.5 Å². The molecule has 166 valence electrons. The normalized spacial score (nSPS) is 22.4. The van der Waals surface area contributed by atoms with E-state index in [0.29, 0.717) is 30.0 Å². The van der Waals surface area contributed by atoms with Crippen LogP contribution in [-0.2, 0) is 6.42 Å². The Kier molecular flexibility index (Phi) is 5.69. The molecule has 2 N–H and O–H groups in total. The number of piperidine rings is 1. The molecule has 1 aromatic heterocycles. The number of amides is 3. The largest absolute Gasteiger partial charge is 0.361 e. The topological polar surface area (TPSA) is 68.4 Å². The molecule has 1 aliphatic carbocycles. The molecule has 2 heterocycles. The summed E-state index contributed by atoms with van der Waals surface area (Å²) in [5.74, 6) is 0.546. The number of likely N-dealkylation sites (tertiary alicyclic amines) is 1. The van der Waals surface area contributed by atoms with Gasteiger partial charge in [-0.2, -0.15) is 0 Å². The number of nitrogens with one attached hydrogen (secondary N) is 2. The molecule has 2 aromatic carbocycles. The van der Waals surface area contributed by atoms with Crippen molar-refractivity contribution >= 4 is 35.7 Å². The number of rotatable bonds is 4. The minimum Gasteiger partial charge on any atom is -0.361 e. The minimum atomic E-state index is -0.483. The van der Waals surface area contributed by atoms with E-state index in [4.69, 9.17) is 0 Å². The minimum absolute atomic E-state index is 0.410. The molecule has 3 amide bonds. The first-order valence-electron chi connectivity index (χ1n) is 11.2. The zero-order valence-electron chi connectivity index (χ0n) is 18.1. The molecule has 1 saturated heterocycles. The second-order valence-corrected chi connectivity index (χ2v) is 9.52. The number of thiol groups is 1. The third-order valence-electron chi connectivity index (χ3n) is 7.05. The number of fused-ring (bicyclic) bond motifs is 2. The highest BCUT2D eigenvalue weighted by Crippen LogP contribution is 2.44. The van der Waals surface area contributed by atoms with Gasteiger partial charge in [0.1, 0.15) is 0 Å². The van der Waals surface area contributed by atoms with E-state index in [1.54, 1.807) is 24.3 Å². The van der Waals surface area contributed by atoms with E-state index in [-0.39, 0.29) is 0 Å². The first kappa shape index (κ1) is 21.1. The molecule has 1 aliphatic heterocycles. The molecule has 0 spiro atoms. The molecule has 0 radical (unpaired) electrons. The van der Waals surface area contributed by atoms with Crippen LogP contribution in [0.5, 0.6) is 0 Å². The summed E-state index contributed by atoms with van der Waals surface area (Å²) in [6, 6.07) is 15.3. The van der Waals surface area contributed by atoms with Crippen LogP contribution >= 0.6 is 12.8 Å². The van der Waals surface area contributed by atoms with Crippen LogP contribution in [0.1, 0.15) is 40.2 Å². The summed E-state index contributed by atoms with van der Waals surface area (Å²) < 4.78 is 1.32. The average molecular weight is 449 g/mol. The summed E-state index contributed by atoms with van der Waals surface area (Å²) >= 11 is 4.35. The van der Waals surface area contributed by atoms with Gasteiger partial charge in [0.05, 0.1) is 0 Å². The van der Waals surface area contributed by atoms with Gasteiger partial charge in [0.15, 0.2) is 0 Å². The van der Waals surface area contributed by atoms with Crippen molar-refractivity contribution in [3.63, 3.8) is 0 Å². The fraction of sp³-hybridized carbons (Fsp3) is 0.360. The number of carbonyl (C=O) groups excluding carboxylic acids is 2. The fourth-order valence-corrected chi connectivity index (χ4v) is 5.66. The van der Waals surface area contributed by atoms with Crippen LogP contribution in [0.4, 0.5) is 4.79 Å². The lowest BCUT2D eigenvalue weighted by Gasteiger charge is -2.45. The van der Waals surface area contributed by atoms with E-state index in [0.717, 1.165) is 25.8 Å². The number of carbonyl (C=O) groups is 2. The molecule has 1 fully saturated rings. The van der Waals surface area contributed by atoms with Gasteiger partial charge in [-0.25, -0.2) is 4.79 Å². The summed E-state index contributed by atoms with van der Waals surface area (Å²) in [6.07, 6.45) is 5.19. The van der Waals surface area contributed by atoms with Gasteiger partial charge in [0.25, 0.3) is 5.91 Å². The van der Waals surface area contributed by atoms with Gasteiger partial charge in [-0.05, 0) is 61.6 Å². The third-order valence-corrected chi connectivity index (χ3v) is 7.43. The van der Waals surface area contributed by atoms with E-state index in [1.165, 1.54) is 26.3 Å². The Hall–Kier alpha value is -2.77. The number of nitrogens with zero attached hydrogens (tertiary/aromatic N) is 2. The number of imide groups is 1. The van der Waals surface area contributed by atoms with E-state index >= 15 is 0 Å². The maximum atomic E-state index is 12.4. The van der Waals surface area contributed by atoms with Crippen LogP contribution in [0.25, 0.3) is 10.9 Å². The molecule has 6 nitrogen and oxygen atoms in total. The van der Waals surface area contributed by atoms with Crippen LogP contribution in [0, 0.1) is 5.92 Å². The molecule has 0 bridgehead atoms. The van der Waals surface area contributed by atoms with Crippen LogP contribution in [0.15, 0.2) is 54.7 Å². The van der Waals surface area contributed by atoms with Gasteiger partial charge in [-0.3, -0.25) is 14.4 Å². The lowest BCUT2D eigenvalue weighted by atomic mass is 9.72. The molecule has 1 unspecified atom stereocenters. The average Bonchev–Trinajstić information content (AvgIpc) is 3.23. The predicted molar refractivity (Wildman–Crippen MR) is 129 cm³/mol. The Morgan fingerprint density at radius 1 is 1.19 bits per heavy atom. The zero-order chi connectivity index (χ0) is 22.2. The van der Waals surface area contributed by atoms with Crippen LogP contribution < -0.4 is 5.32 Å². The molecular formula is C25H28N4O2S. The Balaban J connectivity index is 1.22. The number of hydrogen-bond acceptors (Lipinski definition) is 4. The summed E-state index contributed by atoms with van der Waals surface area (Å²) in [7, 11) is 2.21. The van der Waals surface area contributed by atoms with Gasteiger partial charge in [-0.15, -0.1) is 0 Å². The van der Waals surface area contributed by atoms with E-state index < -0.39 is 11.9 Å². The van der Waals surface area contributed by atoms with E-state index in [9.17, 15) is 9.59 Å². The quantitative estimate of drug-likeness (QED) is 0.524.